The maximum atomic E-state index is 7.07. The number of aromatic nitrogens is 4. The summed E-state index contributed by atoms with van der Waals surface area (Å²) in [5.41, 5.74) is 15.6. The summed E-state index contributed by atoms with van der Waals surface area (Å²) in [6.07, 6.45) is 0. The topological polar surface area (TPSA) is 69.9 Å². The second-order valence-electron chi connectivity index (χ2n) is 17.5. The molecule has 0 atom stereocenters. The van der Waals surface area contributed by atoms with Crippen LogP contribution in [-0.2, 0) is 0 Å². The van der Waals surface area contributed by atoms with Gasteiger partial charge in [-0.25, -0.2) is 15.0 Å². The summed E-state index contributed by atoms with van der Waals surface area (Å²) in [6, 6.07) is 80.3. The van der Waals surface area contributed by atoms with Crippen molar-refractivity contribution >= 4 is 65.7 Å². The SMILES string of the molecule is c1ccc(-c2ccc(-c3nc(-c4ccccc4)nc(-c4cc(-c5cccc6c5oc5cc(-n7c8ccccc8c8cc(-c9ccccc9)ccc87)ccc56)c5c(c4)oc4ccccc45)n3)cc2)cc1. The lowest BCUT2D eigenvalue weighted by atomic mass is 9.95. The number of furan rings is 2. The molecule has 10 aromatic carbocycles. The molecule has 6 nitrogen and oxygen atoms in total. The first-order valence-electron chi connectivity index (χ1n) is 23.2. The van der Waals surface area contributed by atoms with E-state index in [0.717, 1.165) is 99.5 Å². The van der Waals surface area contributed by atoms with Crippen LogP contribution in [0.25, 0.3) is 139 Å². The van der Waals surface area contributed by atoms with E-state index in [9.17, 15) is 0 Å². The molecule has 0 fully saturated rings. The average molecular weight is 883 g/mol. The van der Waals surface area contributed by atoms with Gasteiger partial charge in [0.1, 0.15) is 22.3 Å². The third kappa shape index (κ3) is 6.45. The molecular weight excluding hydrogens is 845 g/mol. The van der Waals surface area contributed by atoms with Crippen molar-refractivity contribution in [1.29, 1.82) is 0 Å². The van der Waals surface area contributed by atoms with Crippen LogP contribution in [0.2, 0.25) is 0 Å². The van der Waals surface area contributed by atoms with E-state index in [2.05, 4.69) is 187 Å². The Bertz CT molecular complexity index is 4290. The summed E-state index contributed by atoms with van der Waals surface area (Å²) in [6.45, 7) is 0. The third-order valence-electron chi connectivity index (χ3n) is 13.5. The fourth-order valence-corrected chi connectivity index (χ4v) is 10.2. The van der Waals surface area contributed by atoms with Gasteiger partial charge in [0.25, 0.3) is 0 Å². The van der Waals surface area contributed by atoms with Gasteiger partial charge in [-0.3, -0.25) is 0 Å². The number of hydrogen-bond acceptors (Lipinski definition) is 5. The van der Waals surface area contributed by atoms with Crippen molar-refractivity contribution in [2.45, 2.75) is 0 Å². The molecule has 6 heteroatoms. The van der Waals surface area contributed by atoms with Gasteiger partial charge in [0.2, 0.25) is 0 Å². The molecule has 0 unspecified atom stereocenters. The molecule has 0 radical (unpaired) electrons. The van der Waals surface area contributed by atoms with Crippen molar-refractivity contribution in [2.75, 3.05) is 0 Å². The number of hydrogen-bond donors (Lipinski definition) is 0. The summed E-state index contributed by atoms with van der Waals surface area (Å²) >= 11 is 0. The lowest BCUT2D eigenvalue weighted by Gasteiger charge is -2.11. The van der Waals surface area contributed by atoms with Crippen molar-refractivity contribution in [3.8, 4) is 73.2 Å². The molecule has 0 aliphatic carbocycles. The number of para-hydroxylation sites is 3. The van der Waals surface area contributed by atoms with Gasteiger partial charge in [-0.15, -0.1) is 0 Å². The molecule has 322 valence electrons. The maximum absolute atomic E-state index is 7.07. The maximum Gasteiger partial charge on any atom is 0.164 e. The molecule has 69 heavy (non-hydrogen) atoms. The molecule has 4 aromatic heterocycles. The fraction of sp³-hybridized carbons (Fsp3) is 0. The number of benzene rings is 10. The van der Waals surface area contributed by atoms with E-state index in [1.165, 1.54) is 21.9 Å². The molecular formula is C63H38N4O2. The van der Waals surface area contributed by atoms with Gasteiger partial charge in [-0.05, 0) is 76.3 Å². The minimum Gasteiger partial charge on any atom is -0.456 e. The molecule has 0 aliphatic heterocycles. The molecule has 0 aliphatic rings. The molecule has 14 rings (SSSR count). The Morgan fingerprint density at radius 3 is 1.61 bits per heavy atom. The average Bonchev–Trinajstić information content (AvgIpc) is 4.10. The van der Waals surface area contributed by atoms with Crippen LogP contribution in [0.1, 0.15) is 0 Å². The van der Waals surface area contributed by atoms with E-state index in [0.29, 0.717) is 17.5 Å². The minimum absolute atomic E-state index is 0.540. The monoisotopic (exact) mass is 882 g/mol. The normalized spacial score (nSPS) is 11.8. The minimum atomic E-state index is 0.540. The van der Waals surface area contributed by atoms with Crippen LogP contribution in [0.3, 0.4) is 0 Å². The van der Waals surface area contributed by atoms with Gasteiger partial charge in [0.15, 0.2) is 17.5 Å². The molecule has 0 spiro atoms. The predicted octanol–water partition coefficient (Wildman–Crippen LogP) is 16.8. The van der Waals surface area contributed by atoms with E-state index in [1.54, 1.807) is 0 Å². The lowest BCUT2D eigenvalue weighted by Crippen LogP contribution is -2.00. The van der Waals surface area contributed by atoms with E-state index in [1.807, 2.05) is 48.5 Å². The van der Waals surface area contributed by atoms with E-state index in [-0.39, 0.29) is 0 Å². The van der Waals surface area contributed by atoms with Crippen molar-refractivity contribution in [3.05, 3.63) is 231 Å². The molecule has 0 saturated heterocycles. The quantitative estimate of drug-likeness (QED) is 0.159. The number of fused-ring (bicyclic) bond motifs is 9. The largest absolute Gasteiger partial charge is 0.456 e. The molecule has 0 amide bonds. The highest BCUT2D eigenvalue weighted by Gasteiger charge is 2.22. The van der Waals surface area contributed by atoms with E-state index >= 15 is 0 Å². The molecule has 0 saturated carbocycles. The highest BCUT2D eigenvalue weighted by atomic mass is 16.3. The zero-order valence-corrected chi connectivity index (χ0v) is 37.0. The molecule has 0 N–H and O–H groups in total. The van der Waals surface area contributed by atoms with Crippen molar-refractivity contribution < 1.29 is 8.83 Å². The lowest BCUT2D eigenvalue weighted by molar-refractivity contribution is 0.668. The van der Waals surface area contributed by atoms with Crippen LogP contribution in [0.5, 0.6) is 0 Å². The third-order valence-corrected chi connectivity index (χ3v) is 13.5. The van der Waals surface area contributed by atoms with Gasteiger partial charge >= 0.3 is 0 Å². The van der Waals surface area contributed by atoms with Crippen LogP contribution in [0, 0.1) is 0 Å². The van der Waals surface area contributed by atoms with Crippen molar-refractivity contribution in [1.82, 2.24) is 19.5 Å². The van der Waals surface area contributed by atoms with Gasteiger partial charge in [0, 0.05) is 66.3 Å². The number of rotatable bonds is 7. The van der Waals surface area contributed by atoms with Crippen molar-refractivity contribution in [2.24, 2.45) is 0 Å². The van der Waals surface area contributed by atoms with Crippen LogP contribution in [-0.4, -0.2) is 19.5 Å². The summed E-state index contributed by atoms with van der Waals surface area (Å²) in [7, 11) is 0. The second kappa shape index (κ2) is 15.6. The van der Waals surface area contributed by atoms with Crippen LogP contribution in [0.15, 0.2) is 239 Å². The van der Waals surface area contributed by atoms with Gasteiger partial charge < -0.3 is 13.4 Å². The van der Waals surface area contributed by atoms with Gasteiger partial charge in [-0.2, -0.15) is 0 Å². The van der Waals surface area contributed by atoms with E-state index in [4.69, 9.17) is 23.8 Å². The summed E-state index contributed by atoms with van der Waals surface area (Å²) in [5.74, 6) is 1.71. The Morgan fingerprint density at radius 1 is 0.290 bits per heavy atom. The van der Waals surface area contributed by atoms with Crippen LogP contribution in [0.4, 0.5) is 0 Å². The van der Waals surface area contributed by atoms with Crippen LogP contribution >= 0.6 is 0 Å². The first-order chi connectivity index (χ1) is 34.2. The van der Waals surface area contributed by atoms with E-state index < -0.39 is 0 Å². The predicted molar refractivity (Wildman–Crippen MR) is 281 cm³/mol. The van der Waals surface area contributed by atoms with Crippen LogP contribution < -0.4 is 0 Å². The summed E-state index contributed by atoms with van der Waals surface area (Å²) in [5, 5.41) is 6.50. The van der Waals surface area contributed by atoms with Gasteiger partial charge in [0.05, 0.1) is 11.0 Å². The van der Waals surface area contributed by atoms with Gasteiger partial charge in [-0.1, -0.05) is 176 Å². The molecule has 14 aromatic rings. The Labute approximate surface area is 396 Å². The zero-order valence-electron chi connectivity index (χ0n) is 37.0. The zero-order chi connectivity index (χ0) is 45.4. The summed E-state index contributed by atoms with van der Waals surface area (Å²) < 4.78 is 16.1. The fourth-order valence-electron chi connectivity index (χ4n) is 10.2. The molecule has 0 bridgehead atoms. The first-order valence-corrected chi connectivity index (χ1v) is 23.2. The highest BCUT2D eigenvalue weighted by molar-refractivity contribution is 6.18. The smallest absolute Gasteiger partial charge is 0.164 e. The summed E-state index contributed by atoms with van der Waals surface area (Å²) in [4.78, 5) is 15.4. The number of nitrogens with zero attached hydrogens (tertiary/aromatic N) is 4. The Kier molecular flexibility index (Phi) is 8.79. The standard InChI is InChI=1S/C63H38N4O2/c1-4-15-39(16-5-1)41-27-29-43(30-28-41)62-64-61(42-19-8-3-9-20-42)65-63(66-62)45-36-53(59-51-22-11-13-26-56(51)68-58(59)37-45)50-24-14-23-49-48-33-32-46(38-57(48)69-60(49)50)67-54-25-12-10-21-47(54)52-35-44(31-34-55(52)67)40-17-6-2-7-18-40/h1-38H. The Hall–Kier alpha value is -9.39. The Morgan fingerprint density at radius 2 is 0.855 bits per heavy atom. The second-order valence-corrected chi connectivity index (χ2v) is 17.5. The highest BCUT2D eigenvalue weighted by Crippen LogP contribution is 2.45. The molecule has 4 heterocycles. The Balaban J connectivity index is 0.944. The first kappa shape index (κ1) is 38.8. The van der Waals surface area contributed by atoms with Crippen molar-refractivity contribution in [3.63, 3.8) is 0 Å².